The van der Waals surface area contributed by atoms with E-state index in [1.807, 2.05) is 12.1 Å². The third-order valence-corrected chi connectivity index (χ3v) is 4.15. The molecule has 0 fully saturated rings. The predicted octanol–water partition coefficient (Wildman–Crippen LogP) is 4.66. The Morgan fingerprint density at radius 2 is 1.83 bits per heavy atom. The second-order valence-corrected chi connectivity index (χ2v) is 5.88. The first-order valence-corrected chi connectivity index (χ1v) is 7.91. The van der Waals surface area contributed by atoms with E-state index < -0.39 is 5.97 Å². The van der Waals surface area contributed by atoms with Crippen LogP contribution in [-0.4, -0.2) is 17.7 Å². The fourth-order valence-corrected chi connectivity index (χ4v) is 2.82. The summed E-state index contributed by atoms with van der Waals surface area (Å²) in [6.45, 7) is 2.88. The maximum absolute atomic E-state index is 10.9. The van der Waals surface area contributed by atoms with Crippen LogP contribution in [0.2, 0.25) is 0 Å². The summed E-state index contributed by atoms with van der Waals surface area (Å²) in [5.74, 6) is 0.105. The number of carbonyl (C=O) groups is 1. The van der Waals surface area contributed by atoms with Crippen LogP contribution in [0.3, 0.4) is 0 Å². The lowest BCUT2D eigenvalue weighted by atomic mass is 9.99. The van der Waals surface area contributed by atoms with E-state index in [4.69, 9.17) is 9.84 Å². The molecule has 1 aliphatic rings. The molecule has 0 bridgehead atoms. The molecule has 1 heterocycles. The molecular weight excluding hydrogens is 288 g/mol. The lowest BCUT2D eigenvalue weighted by molar-refractivity contribution is 0.0697. The molecule has 3 heteroatoms. The largest absolute Gasteiger partial charge is 0.493 e. The van der Waals surface area contributed by atoms with Gasteiger partial charge in [0.2, 0.25) is 0 Å². The van der Waals surface area contributed by atoms with Crippen LogP contribution in [0.15, 0.2) is 42.5 Å². The monoisotopic (exact) mass is 308 g/mol. The van der Waals surface area contributed by atoms with Crippen molar-refractivity contribution in [2.45, 2.75) is 26.2 Å². The molecular formula is C20H20O3. The Morgan fingerprint density at radius 1 is 1.09 bits per heavy atom. The molecule has 0 saturated heterocycles. The number of allylic oxidation sites excluding steroid dienone is 1. The number of carboxylic acids is 1. The smallest absolute Gasteiger partial charge is 0.335 e. The van der Waals surface area contributed by atoms with E-state index in [1.165, 1.54) is 11.1 Å². The van der Waals surface area contributed by atoms with E-state index in [0.29, 0.717) is 5.56 Å². The highest BCUT2D eigenvalue weighted by atomic mass is 16.5. The van der Waals surface area contributed by atoms with Gasteiger partial charge in [0.25, 0.3) is 0 Å². The molecule has 3 nitrogen and oxygen atoms in total. The quantitative estimate of drug-likeness (QED) is 0.839. The van der Waals surface area contributed by atoms with E-state index in [1.54, 1.807) is 12.1 Å². The zero-order chi connectivity index (χ0) is 16.2. The lowest BCUT2D eigenvalue weighted by Crippen LogP contribution is -1.95. The molecule has 0 spiro atoms. The van der Waals surface area contributed by atoms with Gasteiger partial charge in [-0.05, 0) is 72.7 Å². The third-order valence-electron chi connectivity index (χ3n) is 4.15. The van der Waals surface area contributed by atoms with Crippen molar-refractivity contribution >= 4 is 17.6 Å². The Morgan fingerprint density at radius 3 is 2.57 bits per heavy atom. The molecule has 1 N–H and O–H groups in total. The number of carboxylic acid groups (broad SMARTS) is 1. The van der Waals surface area contributed by atoms with Gasteiger partial charge in [0.1, 0.15) is 5.75 Å². The minimum absolute atomic E-state index is 0.307. The van der Waals surface area contributed by atoms with Crippen molar-refractivity contribution in [3.05, 3.63) is 64.7 Å². The van der Waals surface area contributed by atoms with Gasteiger partial charge in [-0.25, -0.2) is 4.79 Å². The molecule has 0 aliphatic carbocycles. The molecule has 0 saturated carbocycles. The van der Waals surface area contributed by atoms with Crippen molar-refractivity contribution in [3.63, 3.8) is 0 Å². The topological polar surface area (TPSA) is 46.5 Å². The molecule has 3 rings (SSSR count). The zero-order valence-corrected chi connectivity index (χ0v) is 13.2. The van der Waals surface area contributed by atoms with E-state index in [9.17, 15) is 4.79 Å². The minimum Gasteiger partial charge on any atom is -0.493 e. The number of aromatic carboxylic acids is 1. The third kappa shape index (κ3) is 3.62. The summed E-state index contributed by atoms with van der Waals surface area (Å²) in [5.41, 5.74) is 4.91. The van der Waals surface area contributed by atoms with Crippen molar-refractivity contribution in [1.29, 1.82) is 0 Å². The van der Waals surface area contributed by atoms with Crippen molar-refractivity contribution < 1.29 is 14.6 Å². The summed E-state index contributed by atoms with van der Waals surface area (Å²) in [6, 6.07) is 13.3. The zero-order valence-electron chi connectivity index (χ0n) is 13.2. The Kier molecular flexibility index (Phi) is 4.47. The molecule has 0 atom stereocenters. The second-order valence-electron chi connectivity index (χ2n) is 5.88. The highest BCUT2D eigenvalue weighted by Gasteiger charge is 2.10. The van der Waals surface area contributed by atoms with Crippen LogP contribution in [0.4, 0.5) is 0 Å². The molecule has 23 heavy (non-hydrogen) atoms. The molecule has 2 aromatic carbocycles. The first kappa shape index (κ1) is 15.3. The highest BCUT2D eigenvalue weighted by Crippen LogP contribution is 2.28. The van der Waals surface area contributed by atoms with Gasteiger partial charge in [0.15, 0.2) is 0 Å². The summed E-state index contributed by atoms with van der Waals surface area (Å²) in [5, 5.41) is 8.94. The molecule has 2 aromatic rings. The van der Waals surface area contributed by atoms with Crippen molar-refractivity contribution in [2.24, 2.45) is 0 Å². The van der Waals surface area contributed by atoms with Gasteiger partial charge in [-0.1, -0.05) is 24.3 Å². The molecule has 0 radical (unpaired) electrons. The highest BCUT2D eigenvalue weighted by molar-refractivity contribution is 5.88. The predicted molar refractivity (Wildman–Crippen MR) is 91.8 cm³/mol. The van der Waals surface area contributed by atoms with E-state index in [2.05, 4.69) is 31.2 Å². The Hall–Kier alpha value is -2.55. The van der Waals surface area contributed by atoms with Gasteiger partial charge in [-0.3, -0.25) is 0 Å². The van der Waals surface area contributed by atoms with Crippen LogP contribution in [0.1, 0.15) is 46.8 Å². The van der Waals surface area contributed by atoms with Gasteiger partial charge < -0.3 is 9.84 Å². The number of hydrogen-bond acceptors (Lipinski definition) is 2. The summed E-state index contributed by atoms with van der Waals surface area (Å²) in [6.07, 6.45) is 5.40. The number of ether oxygens (including phenoxy) is 1. The first-order valence-electron chi connectivity index (χ1n) is 7.91. The number of benzene rings is 2. The number of rotatable bonds is 3. The molecule has 118 valence electrons. The van der Waals surface area contributed by atoms with E-state index >= 15 is 0 Å². The van der Waals surface area contributed by atoms with Gasteiger partial charge >= 0.3 is 5.97 Å². The summed E-state index contributed by atoms with van der Waals surface area (Å²) in [7, 11) is 0. The normalized spacial score (nSPS) is 14.6. The van der Waals surface area contributed by atoms with Crippen LogP contribution < -0.4 is 4.74 Å². The maximum atomic E-state index is 10.9. The van der Waals surface area contributed by atoms with E-state index in [-0.39, 0.29) is 0 Å². The second kappa shape index (κ2) is 6.69. The molecule has 0 amide bonds. The summed E-state index contributed by atoms with van der Waals surface area (Å²) < 4.78 is 5.76. The lowest BCUT2D eigenvalue weighted by Gasteiger charge is -2.10. The van der Waals surface area contributed by atoms with Crippen molar-refractivity contribution in [3.8, 4) is 5.75 Å². The van der Waals surface area contributed by atoms with Crippen LogP contribution in [0.5, 0.6) is 5.75 Å². The Balaban J connectivity index is 1.85. The average molecular weight is 308 g/mol. The molecule has 1 aliphatic heterocycles. The van der Waals surface area contributed by atoms with Crippen LogP contribution in [0.25, 0.3) is 11.6 Å². The maximum Gasteiger partial charge on any atom is 0.335 e. The van der Waals surface area contributed by atoms with Gasteiger partial charge in [0.05, 0.1) is 12.2 Å². The number of aryl methyl sites for hydroxylation is 1. The Bertz CT molecular complexity index is 742. The Labute approximate surface area is 136 Å². The summed E-state index contributed by atoms with van der Waals surface area (Å²) in [4.78, 5) is 10.9. The number of fused-ring (bicyclic) bond motifs is 1. The number of hydrogen-bond donors (Lipinski definition) is 1. The SMILES string of the molecule is CC(=Cc1ccc(C(=O)O)cc1)c1ccc2c(c1)CCCCO2. The van der Waals surface area contributed by atoms with Gasteiger partial charge in [-0.2, -0.15) is 0 Å². The van der Waals surface area contributed by atoms with Gasteiger partial charge in [0, 0.05) is 0 Å². The van der Waals surface area contributed by atoms with Crippen LogP contribution in [0, 0.1) is 0 Å². The minimum atomic E-state index is -0.900. The van der Waals surface area contributed by atoms with E-state index in [0.717, 1.165) is 42.8 Å². The molecule has 0 aromatic heterocycles. The van der Waals surface area contributed by atoms with Crippen molar-refractivity contribution in [2.75, 3.05) is 6.61 Å². The standard InChI is InChI=1S/C20H20O3/c1-14(12-15-5-7-16(8-6-15)20(21)22)17-9-10-19-18(13-17)4-2-3-11-23-19/h5-10,12-13H,2-4,11H2,1H3,(H,21,22). The van der Waals surface area contributed by atoms with Crippen LogP contribution >= 0.6 is 0 Å². The first-order chi connectivity index (χ1) is 11.1. The average Bonchev–Trinajstić information content (AvgIpc) is 2.79. The fraction of sp³-hybridized carbons (Fsp3) is 0.250. The molecule has 0 unspecified atom stereocenters. The fourth-order valence-electron chi connectivity index (χ4n) is 2.82. The van der Waals surface area contributed by atoms with Gasteiger partial charge in [-0.15, -0.1) is 0 Å². The van der Waals surface area contributed by atoms with Crippen molar-refractivity contribution in [1.82, 2.24) is 0 Å². The van der Waals surface area contributed by atoms with Crippen LogP contribution in [-0.2, 0) is 6.42 Å². The summed E-state index contributed by atoms with van der Waals surface area (Å²) >= 11 is 0.